The van der Waals surface area contributed by atoms with E-state index in [4.69, 9.17) is 0 Å². The Hall–Kier alpha value is -3.47. The maximum Gasteiger partial charge on any atom is 0.261 e. The first-order valence-corrected chi connectivity index (χ1v) is 12.6. The summed E-state index contributed by atoms with van der Waals surface area (Å²) in [5.41, 5.74) is 4.80. The van der Waals surface area contributed by atoms with Crippen LogP contribution in [-0.2, 0) is 6.42 Å². The average Bonchev–Trinajstić information content (AvgIpc) is 2.84. The molecule has 35 heavy (non-hydrogen) atoms. The fourth-order valence-electron chi connectivity index (χ4n) is 5.68. The highest BCUT2D eigenvalue weighted by molar-refractivity contribution is 6.28. The molecule has 3 aromatic carbocycles. The SMILES string of the molecule is Cc1cccc(CCNC(=O)c2ccc3c4c(ccc(C)c24)C(=O)N(C2CCC(C)CC2)C3=O)c1. The van der Waals surface area contributed by atoms with E-state index < -0.39 is 0 Å². The molecule has 1 N–H and O–H groups in total. The van der Waals surface area contributed by atoms with Gasteiger partial charge in [0.05, 0.1) is 0 Å². The summed E-state index contributed by atoms with van der Waals surface area (Å²) < 4.78 is 0. The van der Waals surface area contributed by atoms with Crippen molar-refractivity contribution < 1.29 is 14.4 Å². The lowest BCUT2D eigenvalue weighted by Gasteiger charge is -2.37. The van der Waals surface area contributed by atoms with E-state index in [2.05, 4.69) is 37.4 Å². The van der Waals surface area contributed by atoms with Crippen LogP contribution in [0.2, 0.25) is 0 Å². The van der Waals surface area contributed by atoms with Gasteiger partial charge in [0.1, 0.15) is 0 Å². The number of carbonyl (C=O) groups excluding carboxylic acids is 3. The second-order valence-electron chi connectivity index (χ2n) is 10.2. The number of nitrogens with one attached hydrogen (secondary N) is 1. The molecule has 5 rings (SSSR count). The van der Waals surface area contributed by atoms with Gasteiger partial charge in [-0.05, 0) is 86.6 Å². The van der Waals surface area contributed by atoms with Gasteiger partial charge in [0.25, 0.3) is 17.7 Å². The third-order valence-electron chi connectivity index (χ3n) is 7.64. The van der Waals surface area contributed by atoms with Crippen LogP contribution in [0, 0.1) is 19.8 Å². The Morgan fingerprint density at radius 3 is 2.29 bits per heavy atom. The molecule has 0 saturated heterocycles. The summed E-state index contributed by atoms with van der Waals surface area (Å²) in [7, 11) is 0. The van der Waals surface area contributed by atoms with Gasteiger partial charge in [-0.2, -0.15) is 0 Å². The van der Waals surface area contributed by atoms with Crippen molar-refractivity contribution in [2.75, 3.05) is 6.54 Å². The first-order valence-electron chi connectivity index (χ1n) is 12.6. The molecule has 0 radical (unpaired) electrons. The number of amides is 3. The monoisotopic (exact) mass is 468 g/mol. The molecule has 5 heteroatoms. The zero-order valence-corrected chi connectivity index (χ0v) is 20.7. The molecule has 3 aromatic rings. The molecular formula is C30H32N2O3. The molecule has 5 nitrogen and oxygen atoms in total. The quantitative estimate of drug-likeness (QED) is 0.496. The van der Waals surface area contributed by atoms with E-state index in [1.54, 1.807) is 12.1 Å². The number of hydrogen-bond acceptors (Lipinski definition) is 3. The van der Waals surface area contributed by atoms with Crippen molar-refractivity contribution in [2.45, 2.75) is 58.9 Å². The molecule has 180 valence electrons. The van der Waals surface area contributed by atoms with Crippen LogP contribution in [0.15, 0.2) is 48.5 Å². The molecule has 0 aromatic heterocycles. The van der Waals surface area contributed by atoms with Crippen molar-refractivity contribution in [1.29, 1.82) is 0 Å². The molecule has 1 heterocycles. The molecule has 1 fully saturated rings. The molecule has 2 aliphatic rings. The van der Waals surface area contributed by atoms with Crippen molar-refractivity contribution in [3.05, 3.63) is 81.9 Å². The summed E-state index contributed by atoms with van der Waals surface area (Å²) in [4.78, 5) is 41.8. The Labute approximate surface area is 206 Å². The van der Waals surface area contributed by atoms with Gasteiger partial charge in [-0.25, -0.2) is 0 Å². The summed E-state index contributed by atoms with van der Waals surface area (Å²) in [5, 5.41) is 4.35. The highest BCUT2D eigenvalue weighted by Crippen LogP contribution is 2.37. The van der Waals surface area contributed by atoms with E-state index in [1.807, 2.05) is 25.1 Å². The molecule has 1 saturated carbocycles. The predicted octanol–water partition coefficient (Wildman–Crippen LogP) is 5.60. The minimum absolute atomic E-state index is 0.0553. The van der Waals surface area contributed by atoms with E-state index >= 15 is 0 Å². The van der Waals surface area contributed by atoms with Crippen molar-refractivity contribution >= 4 is 28.5 Å². The number of rotatable bonds is 5. The Balaban J connectivity index is 1.45. The first kappa shape index (κ1) is 23.3. The second-order valence-corrected chi connectivity index (χ2v) is 10.2. The van der Waals surface area contributed by atoms with Crippen LogP contribution in [0.5, 0.6) is 0 Å². The van der Waals surface area contributed by atoms with Gasteiger partial charge in [0.2, 0.25) is 0 Å². The van der Waals surface area contributed by atoms with Gasteiger partial charge in [-0.1, -0.05) is 42.8 Å². The minimum atomic E-state index is -0.232. The van der Waals surface area contributed by atoms with E-state index in [9.17, 15) is 14.4 Å². The summed E-state index contributed by atoms with van der Waals surface area (Å²) >= 11 is 0. The first-order chi connectivity index (χ1) is 16.8. The number of carbonyl (C=O) groups is 3. The molecule has 0 atom stereocenters. The fraction of sp³-hybridized carbons (Fsp3) is 0.367. The maximum absolute atomic E-state index is 13.5. The van der Waals surface area contributed by atoms with Crippen LogP contribution in [0.1, 0.15) is 80.4 Å². The smallest absolute Gasteiger partial charge is 0.261 e. The molecule has 0 bridgehead atoms. The molecule has 0 spiro atoms. The number of nitrogens with zero attached hydrogens (tertiary/aromatic N) is 1. The second kappa shape index (κ2) is 9.29. The Morgan fingerprint density at radius 2 is 1.60 bits per heavy atom. The lowest BCUT2D eigenvalue weighted by atomic mass is 9.83. The lowest BCUT2D eigenvalue weighted by Crippen LogP contribution is -2.48. The number of imide groups is 1. The Bertz CT molecular complexity index is 1310. The fourth-order valence-corrected chi connectivity index (χ4v) is 5.68. The van der Waals surface area contributed by atoms with Crippen molar-refractivity contribution in [3.63, 3.8) is 0 Å². The van der Waals surface area contributed by atoms with E-state index in [0.29, 0.717) is 39.9 Å². The molecule has 1 aliphatic heterocycles. The zero-order chi connectivity index (χ0) is 24.7. The highest BCUT2D eigenvalue weighted by atomic mass is 16.2. The Kier molecular flexibility index (Phi) is 6.18. The predicted molar refractivity (Wildman–Crippen MR) is 138 cm³/mol. The van der Waals surface area contributed by atoms with Crippen molar-refractivity contribution in [2.24, 2.45) is 5.92 Å². The Morgan fingerprint density at radius 1 is 0.914 bits per heavy atom. The van der Waals surface area contributed by atoms with Crippen LogP contribution in [0.25, 0.3) is 10.8 Å². The van der Waals surface area contributed by atoms with E-state index in [-0.39, 0.29) is 23.8 Å². The number of benzene rings is 3. The standard InChI is InChI=1S/C30H32N2O3/c1-18-7-10-22(11-8-18)32-29(34)24-12-9-20(3)26-23(13-14-25(27(24)26)30(32)35)28(33)31-16-15-21-6-4-5-19(2)17-21/h4-6,9,12-14,17-18,22H,7-8,10-11,15-16H2,1-3H3,(H,31,33). The van der Waals surface area contributed by atoms with Gasteiger partial charge in [-0.15, -0.1) is 0 Å². The van der Waals surface area contributed by atoms with Gasteiger partial charge >= 0.3 is 0 Å². The van der Waals surface area contributed by atoms with Crippen LogP contribution in [0.4, 0.5) is 0 Å². The summed E-state index contributed by atoms with van der Waals surface area (Å²) in [6.45, 7) is 6.72. The van der Waals surface area contributed by atoms with Crippen LogP contribution in [-0.4, -0.2) is 35.2 Å². The summed E-state index contributed by atoms with van der Waals surface area (Å²) in [6, 6.07) is 15.4. The van der Waals surface area contributed by atoms with Crippen molar-refractivity contribution in [3.8, 4) is 0 Å². The third kappa shape index (κ3) is 4.24. The largest absolute Gasteiger partial charge is 0.352 e. The normalized spacial score (nSPS) is 19.8. The van der Waals surface area contributed by atoms with Gasteiger partial charge in [0, 0.05) is 34.7 Å². The van der Waals surface area contributed by atoms with E-state index in [1.165, 1.54) is 16.0 Å². The molecule has 3 amide bonds. The summed E-state index contributed by atoms with van der Waals surface area (Å²) in [6.07, 6.45) is 4.49. The summed E-state index contributed by atoms with van der Waals surface area (Å²) in [5.74, 6) is -0.0206. The van der Waals surface area contributed by atoms with Crippen LogP contribution in [0.3, 0.4) is 0 Å². The van der Waals surface area contributed by atoms with Gasteiger partial charge in [-0.3, -0.25) is 19.3 Å². The number of hydrogen-bond donors (Lipinski definition) is 1. The van der Waals surface area contributed by atoms with Gasteiger partial charge < -0.3 is 5.32 Å². The highest BCUT2D eigenvalue weighted by Gasteiger charge is 2.39. The zero-order valence-electron chi connectivity index (χ0n) is 20.7. The number of aryl methyl sites for hydroxylation is 2. The minimum Gasteiger partial charge on any atom is -0.352 e. The average molecular weight is 469 g/mol. The van der Waals surface area contributed by atoms with Gasteiger partial charge in [0.15, 0.2) is 0 Å². The van der Waals surface area contributed by atoms with Crippen molar-refractivity contribution in [1.82, 2.24) is 10.2 Å². The van der Waals surface area contributed by atoms with Crippen LogP contribution >= 0.6 is 0 Å². The maximum atomic E-state index is 13.5. The topological polar surface area (TPSA) is 66.5 Å². The molecular weight excluding hydrogens is 436 g/mol. The lowest BCUT2D eigenvalue weighted by molar-refractivity contribution is 0.0487. The molecule has 0 unspecified atom stereocenters. The molecule has 1 aliphatic carbocycles. The van der Waals surface area contributed by atoms with Crippen LogP contribution < -0.4 is 5.32 Å². The third-order valence-corrected chi connectivity index (χ3v) is 7.64. The van der Waals surface area contributed by atoms with E-state index in [0.717, 1.165) is 37.7 Å².